The van der Waals surface area contributed by atoms with Crippen LogP contribution >= 0.6 is 24.0 Å². The molecule has 0 aliphatic carbocycles. The van der Waals surface area contributed by atoms with E-state index in [1.807, 2.05) is 14.0 Å². The minimum Gasteiger partial charge on any atom is -0.491 e. The topological polar surface area (TPSA) is 58.1 Å². The van der Waals surface area contributed by atoms with Gasteiger partial charge in [0.15, 0.2) is 5.96 Å². The summed E-state index contributed by atoms with van der Waals surface area (Å²) in [5, 5.41) is 6.87. The molecule has 1 fully saturated rings. The molecule has 1 heterocycles. The molecule has 0 amide bonds. The molecule has 1 unspecified atom stereocenters. The van der Waals surface area contributed by atoms with Crippen molar-refractivity contribution >= 4 is 29.9 Å². The number of nitrogens with one attached hydrogen (secondary N) is 2. The highest BCUT2D eigenvalue weighted by atomic mass is 127. The van der Waals surface area contributed by atoms with Gasteiger partial charge in [0.1, 0.15) is 12.4 Å². The van der Waals surface area contributed by atoms with Gasteiger partial charge in [-0.3, -0.25) is 4.99 Å². The van der Waals surface area contributed by atoms with Gasteiger partial charge in [0.25, 0.3) is 0 Å². The van der Waals surface area contributed by atoms with Crippen molar-refractivity contribution in [3.63, 3.8) is 0 Å². The smallest absolute Gasteiger partial charge is 0.191 e. The van der Waals surface area contributed by atoms with Crippen LogP contribution in [0.2, 0.25) is 0 Å². The van der Waals surface area contributed by atoms with Gasteiger partial charge >= 0.3 is 0 Å². The first-order chi connectivity index (χ1) is 13.6. The van der Waals surface area contributed by atoms with E-state index >= 15 is 0 Å². The zero-order valence-electron chi connectivity index (χ0n) is 18.5. The number of halogens is 1. The molecule has 0 spiro atoms. The Labute approximate surface area is 193 Å². The van der Waals surface area contributed by atoms with Crippen LogP contribution in [0.15, 0.2) is 23.2 Å². The maximum absolute atomic E-state index is 5.93. The highest BCUT2D eigenvalue weighted by Gasteiger charge is 2.15. The Morgan fingerprint density at radius 3 is 2.66 bits per heavy atom. The van der Waals surface area contributed by atoms with Crippen LogP contribution in [0.3, 0.4) is 0 Å². The van der Waals surface area contributed by atoms with Gasteiger partial charge in [0.2, 0.25) is 0 Å². The lowest BCUT2D eigenvalue weighted by molar-refractivity contribution is 0.110. The van der Waals surface area contributed by atoms with Gasteiger partial charge in [-0.05, 0) is 57.3 Å². The molecule has 1 atom stereocenters. The minimum absolute atomic E-state index is 0. The molecule has 1 saturated heterocycles. The van der Waals surface area contributed by atoms with Gasteiger partial charge in [-0.15, -0.1) is 24.0 Å². The van der Waals surface area contributed by atoms with Gasteiger partial charge < -0.3 is 25.0 Å². The van der Waals surface area contributed by atoms with Gasteiger partial charge in [-0.1, -0.05) is 19.1 Å². The number of likely N-dealkylation sites (tertiary alicyclic amines) is 1. The van der Waals surface area contributed by atoms with E-state index < -0.39 is 0 Å². The molecular formula is C22H39IN4O2. The molecule has 1 aromatic carbocycles. The van der Waals surface area contributed by atoms with E-state index in [4.69, 9.17) is 9.47 Å². The molecule has 0 radical (unpaired) electrons. The van der Waals surface area contributed by atoms with E-state index in [1.165, 1.54) is 31.5 Å². The molecule has 1 aromatic rings. The maximum Gasteiger partial charge on any atom is 0.191 e. The van der Waals surface area contributed by atoms with Gasteiger partial charge in [-0.2, -0.15) is 0 Å². The highest BCUT2D eigenvalue weighted by molar-refractivity contribution is 14.0. The lowest BCUT2D eigenvalue weighted by Gasteiger charge is -2.21. The summed E-state index contributed by atoms with van der Waals surface area (Å²) in [6.07, 6.45) is 2.68. The van der Waals surface area contributed by atoms with Crippen LogP contribution in [0.5, 0.6) is 5.75 Å². The van der Waals surface area contributed by atoms with Crippen molar-refractivity contribution in [1.29, 1.82) is 0 Å². The van der Waals surface area contributed by atoms with E-state index in [2.05, 4.69) is 52.6 Å². The third-order valence-electron chi connectivity index (χ3n) is 4.97. The van der Waals surface area contributed by atoms with E-state index in [0.29, 0.717) is 32.3 Å². The maximum atomic E-state index is 5.93. The first-order valence-corrected chi connectivity index (χ1v) is 10.6. The monoisotopic (exact) mass is 518 g/mol. The van der Waals surface area contributed by atoms with Crippen molar-refractivity contribution < 1.29 is 9.47 Å². The average Bonchev–Trinajstić information content (AvgIpc) is 3.19. The van der Waals surface area contributed by atoms with Crippen LogP contribution < -0.4 is 15.4 Å². The van der Waals surface area contributed by atoms with E-state index in [-0.39, 0.29) is 24.0 Å². The Balaban J connectivity index is 0.00000420. The van der Waals surface area contributed by atoms with Gasteiger partial charge in [-0.25, -0.2) is 0 Å². The van der Waals surface area contributed by atoms with Crippen molar-refractivity contribution in [1.82, 2.24) is 15.5 Å². The standard InChI is InChI=1S/C22H38N4O2.HI/c1-5-27-12-13-28-21-14-18(2)8-9-20(21)16-25-22(23-4)24-15-19(3)17-26-10-6-7-11-26;/h8-9,14,19H,5-7,10-13,15-17H2,1-4H3,(H2,23,24,25);1H. The van der Waals surface area contributed by atoms with Crippen LogP contribution in [0.4, 0.5) is 0 Å². The van der Waals surface area contributed by atoms with Crippen molar-refractivity contribution in [3.05, 3.63) is 29.3 Å². The lowest BCUT2D eigenvalue weighted by Crippen LogP contribution is -2.41. The zero-order valence-corrected chi connectivity index (χ0v) is 20.8. The number of nitrogens with zero attached hydrogens (tertiary/aromatic N) is 2. The number of ether oxygens (including phenoxy) is 2. The first kappa shape index (κ1) is 26.0. The molecule has 0 bridgehead atoms. The van der Waals surface area contributed by atoms with Gasteiger partial charge in [0, 0.05) is 38.9 Å². The van der Waals surface area contributed by atoms with Crippen molar-refractivity contribution in [2.45, 2.75) is 40.2 Å². The SMILES string of the molecule is CCOCCOc1cc(C)ccc1CNC(=NC)NCC(C)CN1CCCC1.I. The van der Waals surface area contributed by atoms with Crippen LogP contribution in [0.25, 0.3) is 0 Å². The molecule has 1 aliphatic rings. The molecule has 166 valence electrons. The quantitative estimate of drug-likeness (QED) is 0.204. The van der Waals surface area contributed by atoms with Gasteiger partial charge in [0.05, 0.1) is 6.61 Å². The Bertz CT molecular complexity index is 606. The summed E-state index contributed by atoms with van der Waals surface area (Å²) in [4.78, 5) is 6.92. The summed E-state index contributed by atoms with van der Waals surface area (Å²) < 4.78 is 11.3. The predicted octanol–water partition coefficient (Wildman–Crippen LogP) is 3.43. The largest absolute Gasteiger partial charge is 0.491 e. The molecule has 1 aliphatic heterocycles. The Morgan fingerprint density at radius 1 is 1.21 bits per heavy atom. The van der Waals surface area contributed by atoms with E-state index in [0.717, 1.165) is 30.4 Å². The van der Waals surface area contributed by atoms with Crippen LogP contribution in [0.1, 0.15) is 37.8 Å². The molecule has 29 heavy (non-hydrogen) atoms. The highest BCUT2D eigenvalue weighted by Crippen LogP contribution is 2.20. The number of hydrogen-bond acceptors (Lipinski definition) is 4. The number of aliphatic imine (C=N–C) groups is 1. The van der Waals surface area contributed by atoms with Crippen LogP contribution in [0, 0.1) is 12.8 Å². The fourth-order valence-corrected chi connectivity index (χ4v) is 3.44. The fourth-order valence-electron chi connectivity index (χ4n) is 3.44. The Hall–Kier alpha value is -1.06. The van der Waals surface area contributed by atoms with Crippen LogP contribution in [-0.4, -0.2) is 63.9 Å². The molecule has 0 aromatic heterocycles. The average molecular weight is 518 g/mol. The van der Waals surface area contributed by atoms with Crippen molar-refractivity contribution in [2.75, 3.05) is 53.0 Å². The lowest BCUT2D eigenvalue weighted by atomic mass is 10.1. The predicted molar refractivity (Wildman–Crippen MR) is 132 cm³/mol. The molecule has 0 saturated carbocycles. The molecule has 2 rings (SSSR count). The number of aryl methyl sites for hydroxylation is 1. The third kappa shape index (κ3) is 10.00. The number of benzene rings is 1. The van der Waals surface area contributed by atoms with Crippen LogP contribution in [-0.2, 0) is 11.3 Å². The minimum atomic E-state index is 0. The summed E-state index contributed by atoms with van der Waals surface area (Å²) in [5.74, 6) is 2.33. The summed E-state index contributed by atoms with van der Waals surface area (Å²) in [5.41, 5.74) is 2.31. The number of guanidine groups is 1. The molecule has 6 nitrogen and oxygen atoms in total. The normalized spacial score (nSPS) is 15.7. The molecule has 2 N–H and O–H groups in total. The summed E-state index contributed by atoms with van der Waals surface area (Å²) in [6, 6.07) is 6.31. The van der Waals surface area contributed by atoms with Crippen molar-refractivity contribution in [2.24, 2.45) is 10.9 Å². The zero-order chi connectivity index (χ0) is 20.2. The Kier molecular flexibility index (Phi) is 13.3. The fraction of sp³-hybridized carbons (Fsp3) is 0.682. The summed E-state index contributed by atoms with van der Waals surface area (Å²) >= 11 is 0. The second-order valence-corrected chi connectivity index (χ2v) is 7.58. The number of rotatable bonds is 11. The second kappa shape index (κ2) is 14.8. The van der Waals surface area contributed by atoms with E-state index in [9.17, 15) is 0 Å². The first-order valence-electron chi connectivity index (χ1n) is 10.6. The third-order valence-corrected chi connectivity index (χ3v) is 4.97. The Morgan fingerprint density at radius 2 is 1.97 bits per heavy atom. The summed E-state index contributed by atoms with van der Waals surface area (Å²) in [6.45, 7) is 13.5. The number of hydrogen-bond donors (Lipinski definition) is 2. The van der Waals surface area contributed by atoms with E-state index in [1.54, 1.807) is 0 Å². The van der Waals surface area contributed by atoms with Crippen molar-refractivity contribution in [3.8, 4) is 5.75 Å². The molecule has 7 heteroatoms. The molecular weight excluding hydrogens is 479 g/mol. The second-order valence-electron chi connectivity index (χ2n) is 7.58. The summed E-state index contributed by atoms with van der Waals surface area (Å²) in [7, 11) is 1.81.